The van der Waals surface area contributed by atoms with Crippen LogP contribution in [0.5, 0.6) is 0 Å². The number of amides is 2. The molecule has 0 aliphatic carbocycles. The van der Waals surface area contributed by atoms with Crippen LogP contribution in [0.3, 0.4) is 0 Å². The van der Waals surface area contributed by atoms with Crippen LogP contribution in [-0.2, 0) is 26.2 Å². The molecule has 0 fully saturated rings. The maximum atomic E-state index is 13.4. The smallest absolute Gasteiger partial charge is 0.271 e. The van der Waals surface area contributed by atoms with E-state index in [-0.39, 0.29) is 23.8 Å². The number of carbonyl (C=O) groups excluding carboxylic acids is 2. The lowest BCUT2D eigenvalue weighted by Crippen LogP contribution is -2.51. The Bertz CT molecular complexity index is 1170. The van der Waals surface area contributed by atoms with E-state index in [0.29, 0.717) is 12.1 Å². The Morgan fingerprint density at radius 1 is 1.11 bits per heavy atom. The summed E-state index contributed by atoms with van der Waals surface area (Å²) >= 11 is 0. The summed E-state index contributed by atoms with van der Waals surface area (Å²) in [7, 11) is -4.02. The van der Waals surface area contributed by atoms with Crippen LogP contribution in [0.4, 0.5) is 15.8 Å². The molecule has 190 valence electrons. The van der Waals surface area contributed by atoms with Crippen molar-refractivity contribution in [2.45, 2.75) is 33.4 Å². The van der Waals surface area contributed by atoms with Crippen molar-refractivity contribution in [1.29, 1.82) is 0 Å². The standard InChI is InChI=1S/C23H29FN4O6S/c1-16(2)13-25-23(30)17(3)26(14-18-8-10-19(24)11-9-18)22(29)15-27(35(4,33)34)20-6-5-7-21(12-20)28(31)32/h5-12,16-17H,13-15H2,1-4H3,(H,25,30)/t17-/m0/s1. The Kier molecular flexibility index (Phi) is 9.29. The molecule has 10 nitrogen and oxygen atoms in total. The number of hydrogen-bond donors (Lipinski definition) is 1. The lowest BCUT2D eigenvalue weighted by molar-refractivity contribution is -0.384. The lowest BCUT2D eigenvalue weighted by Gasteiger charge is -2.31. The number of nitro groups is 1. The number of rotatable bonds is 11. The van der Waals surface area contributed by atoms with E-state index in [1.54, 1.807) is 0 Å². The molecule has 2 rings (SSSR count). The third-order valence-electron chi connectivity index (χ3n) is 5.13. The van der Waals surface area contributed by atoms with Crippen molar-refractivity contribution in [3.05, 3.63) is 70.0 Å². The molecule has 2 amide bonds. The van der Waals surface area contributed by atoms with Gasteiger partial charge in [0.05, 0.1) is 16.9 Å². The number of non-ortho nitro benzene ring substituents is 1. The predicted molar refractivity (Wildman–Crippen MR) is 130 cm³/mol. The van der Waals surface area contributed by atoms with Gasteiger partial charge in [0.2, 0.25) is 21.8 Å². The van der Waals surface area contributed by atoms with Crippen LogP contribution in [0, 0.1) is 21.8 Å². The Labute approximate surface area is 203 Å². The summed E-state index contributed by atoms with van der Waals surface area (Å²) in [5, 5.41) is 13.9. The molecule has 35 heavy (non-hydrogen) atoms. The minimum atomic E-state index is -4.02. The highest BCUT2D eigenvalue weighted by Gasteiger charge is 2.30. The molecule has 2 aromatic rings. The number of carbonyl (C=O) groups is 2. The number of sulfonamides is 1. The molecule has 2 aromatic carbocycles. The normalized spacial score (nSPS) is 12.2. The quantitative estimate of drug-likeness (QED) is 0.367. The minimum absolute atomic E-state index is 0.0614. The van der Waals surface area contributed by atoms with Crippen molar-refractivity contribution >= 4 is 33.2 Å². The van der Waals surface area contributed by atoms with Gasteiger partial charge in [0.1, 0.15) is 18.4 Å². The zero-order valence-corrected chi connectivity index (χ0v) is 20.8. The molecule has 0 heterocycles. The van der Waals surface area contributed by atoms with Crippen molar-refractivity contribution in [2.75, 3.05) is 23.7 Å². The fourth-order valence-electron chi connectivity index (χ4n) is 3.20. The van der Waals surface area contributed by atoms with Gasteiger partial charge in [-0.3, -0.25) is 24.0 Å². The van der Waals surface area contributed by atoms with E-state index in [9.17, 15) is 32.5 Å². The summed E-state index contributed by atoms with van der Waals surface area (Å²) in [6.45, 7) is 4.94. The largest absolute Gasteiger partial charge is 0.354 e. The van der Waals surface area contributed by atoms with E-state index in [1.165, 1.54) is 54.3 Å². The van der Waals surface area contributed by atoms with Crippen LogP contribution in [0.1, 0.15) is 26.3 Å². The first-order valence-electron chi connectivity index (χ1n) is 10.8. The Hall–Kier alpha value is -3.54. The van der Waals surface area contributed by atoms with Gasteiger partial charge in [-0.25, -0.2) is 12.8 Å². The molecule has 0 aliphatic heterocycles. The van der Waals surface area contributed by atoms with E-state index < -0.39 is 45.2 Å². The first kappa shape index (κ1) is 27.7. The van der Waals surface area contributed by atoms with Gasteiger partial charge in [-0.15, -0.1) is 0 Å². The number of hydrogen-bond acceptors (Lipinski definition) is 6. The van der Waals surface area contributed by atoms with Crippen LogP contribution in [0.25, 0.3) is 0 Å². The molecular formula is C23H29FN4O6S. The third-order valence-corrected chi connectivity index (χ3v) is 6.27. The number of nitrogens with one attached hydrogen (secondary N) is 1. The summed E-state index contributed by atoms with van der Waals surface area (Å²) in [5.74, 6) is -1.45. The predicted octanol–water partition coefficient (Wildman–Crippen LogP) is 2.69. The maximum Gasteiger partial charge on any atom is 0.271 e. The number of halogens is 1. The fraction of sp³-hybridized carbons (Fsp3) is 0.391. The summed E-state index contributed by atoms with van der Waals surface area (Å²) < 4.78 is 39.1. The number of nitrogens with zero attached hydrogens (tertiary/aromatic N) is 3. The van der Waals surface area contributed by atoms with Gasteiger partial charge < -0.3 is 10.2 Å². The molecule has 0 unspecified atom stereocenters. The van der Waals surface area contributed by atoms with Crippen LogP contribution in [-0.4, -0.2) is 55.4 Å². The summed E-state index contributed by atoms with van der Waals surface area (Å²) in [6.07, 6.45) is 0.877. The molecule has 0 spiro atoms. The van der Waals surface area contributed by atoms with Crippen molar-refractivity contribution in [2.24, 2.45) is 5.92 Å². The summed E-state index contributed by atoms with van der Waals surface area (Å²) in [5.41, 5.74) is 0.131. The van der Waals surface area contributed by atoms with Gasteiger partial charge in [-0.1, -0.05) is 32.0 Å². The maximum absolute atomic E-state index is 13.4. The van der Waals surface area contributed by atoms with Gasteiger partial charge in [0.25, 0.3) is 5.69 Å². The second-order valence-electron chi connectivity index (χ2n) is 8.51. The van der Waals surface area contributed by atoms with Crippen molar-refractivity contribution in [3.63, 3.8) is 0 Å². The Balaban J connectivity index is 2.39. The van der Waals surface area contributed by atoms with E-state index in [2.05, 4.69) is 5.32 Å². The molecule has 1 atom stereocenters. The van der Waals surface area contributed by atoms with Gasteiger partial charge >= 0.3 is 0 Å². The number of benzene rings is 2. The topological polar surface area (TPSA) is 130 Å². The lowest BCUT2D eigenvalue weighted by atomic mass is 10.1. The highest BCUT2D eigenvalue weighted by Crippen LogP contribution is 2.24. The highest BCUT2D eigenvalue weighted by atomic mass is 32.2. The zero-order valence-electron chi connectivity index (χ0n) is 20.0. The number of nitro benzene ring substituents is 1. The monoisotopic (exact) mass is 508 g/mol. The third kappa shape index (κ3) is 8.02. The van der Waals surface area contributed by atoms with Crippen LogP contribution in [0.15, 0.2) is 48.5 Å². The molecule has 0 bridgehead atoms. The second-order valence-corrected chi connectivity index (χ2v) is 10.4. The summed E-state index contributed by atoms with van der Waals surface area (Å²) in [6, 6.07) is 9.29. The van der Waals surface area contributed by atoms with E-state index >= 15 is 0 Å². The summed E-state index contributed by atoms with van der Waals surface area (Å²) in [4.78, 5) is 37.8. The van der Waals surface area contributed by atoms with E-state index in [4.69, 9.17) is 0 Å². The minimum Gasteiger partial charge on any atom is -0.354 e. The first-order chi connectivity index (χ1) is 16.3. The van der Waals surface area contributed by atoms with Crippen LogP contribution < -0.4 is 9.62 Å². The fourth-order valence-corrected chi connectivity index (χ4v) is 4.04. The molecule has 0 aliphatic rings. The Morgan fingerprint density at radius 3 is 2.29 bits per heavy atom. The van der Waals surface area contributed by atoms with Gasteiger partial charge in [0, 0.05) is 25.2 Å². The Morgan fingerprint density at radius 2 is 1.74 bits per heavy atom. The van der Waals surface area contributed by atoms with Crippen molar-refractivity contribution in [1.82, 2.24) is 10.2 Å². The highest BCUT2D eigenvalue weighted by molar-refractivity contribution is 7.92. The molecule has 0 saturated carbocycles. The molecule has 0 saturated heterocycles. The molecule has 1 N–H and O–H groups in total. The van der Waals surface area contributed by atoms with E-state index in [1.807, 2.05) is 13.8 Å². The molecule has 12 heteroatoms. The van der Waals surface area contributed by atoms with E-state index in [0.717, 1.165) is 16.6 Å². The zero-order chi connectivity index (χ0) is 26.3. The second kappa shape index (κ2) is 11.7. The van der Waals surface area contributed by atoms with Crippen LogP contribution in [0.2, 0.25) is 0 Å². The molecule has 0 radical (unpaired) electrons. The van der Waals surface area contributed by atoms with Gasteiger partial charge in [-0.05, 0) is 36.6 Å². The van der Waals surface area contributed by atoms with Gasteiger partial charge in [-0.2, -0.15) is 0 Å². The molecule has 0 aromatic heterocycles. The van der Waals surface area contributed by atoms with Crippen molar-refractivity contribution in [3.8, 4) is 0 Å². The van der Waals surface area contributed by atoms with Crippen LogP contribution >= 0.6 is 0 Å². The number of anilines is 1. The van der Waals surface area contributed by atoms with Gasteiger partial charge in [0.15, 0.2) is 0 Å². The average Bonchev–Trinajstić information content (AvgIpc) is 2.79. The first-order valence-corrected chi connectivity index (χ1v) is 12.7. The SMILES string of the molecule is CC(C)CNC(=O)[C@H](C)N(Cc1ccc(F)cc1)C(=O)CN(c1cccc([N+](=O)[O-])c1)S(C)(=O)=O. The van der Waals surface area contributed by atoms with Crippen molar-refractivity contribution < 1.29 is 27.3 Å². The average molecular weight is 509 g/mol. The molecular weight excluding hydrogens is 479 g/mol.